The molecule has 0 aliphatic carbocycles. The minimum Gasteiger partial charge on any atom is -0.502 e. The lowest BCUT2D eigenvalue weighted by Crippen LogP contribution is -2.10. The predicted molar refractivity (Wildman–Crippen MR) is 45.8 cm³/mol. The number of carbonyl (C=O) groups is 1. The van der Waals surface area contributed by atoms with Crippen LogP contribution >= 0.6 is 0 Å². The summed E-state index contributed by atoms with van der Waals surface area (Å²) in [6.07, 6.45) is 0.873. The molecule has 0 amide bonds. The zero-order valence-electron chi connectivity index (χ0n) is 7.40. The van der Waals surface area contributed by atoms with Gasteiger partial charge in [-0.05, 0) is 0 Å². The van der Waals surface area contributed by atoms with E-state index in [1.54, 1.807) is 13.8 Å². The van der Waals surface area contributed by atoms with Gasteiger partial charge in [-0.15, -0.1) is 0 Å². The van der Waals surface area contributed by atoms with Crippen LogP contribution < -0.4 is 5.43 Å². The molecule has 0 aromatic carbocycles. The number of rotatable bonds is 2. The molecule has 1 rings (SSSR count). The molecular formula is C9H10O4. The molecule has 4 heteroatoms. The summed E-state index contributed by atoms with van der Waals surface area (Å²) in [7, 11) is 0. The van der Waals surface area contributed by atoms with E-state index in [9.17, 15) is 9.59 Å². The molecule has 0 bridgehead atoms. The second-order valence-corrected chi connectivity index (χ2v) is 3.01. The Hall–Kier alpha value is -1.58. The van der Waals surface area contributed by atoms with Crippen molar-refractivity contribution in [2.45, 2.75) is 13.8 Å². The third-order valence-corrected chi connectivity index (χ3v) is 1.58. The van der Waals surface area contributed by atoms with E-state index < -0.39 is 11.2 Å². The number of Topliss-reactive ketones (excluding diaryl/α,β-unsaturated/α-hetero) is 1. The van der Waals surface area contributed by atoms with Crippen LogP contribution in [0.15, 0.2) is 21.5 Å². The quantitative estimate of drug-likeness (QED) is 0.697. The molecule has 0 saturated heterocycles. The van der Waals surface area contributed by atoms with Crippen LogP contribution in [-0.4, -0.2) is 10.9 Å². The summed E-state index contributed by atoms with van der Waals surface area (Å²) in [6.45, 7) is 3.41. The lowest BCUT2D eigenvalue weighted by molar-refractivity contribution is 0.0908. The van der Waals surface area contributed by atoms with Crippen LogP contribution in [0.5, 0.6) is 5.75 Å². The highest BCUT2D eigenvalue weighted by atomic mass is 16.4. The Morgan fingerprint density at radius 1 is 1.54 bits per heavy atom. The van der Waals surface area contributed by atoms with Crippen molar-refractivity contribution in [3.8, 4) is 5.75 Å². The topological polar surface area (TPSA) is 67.5 Å². The molecule has 1 aromatic rings. The number of aromatic hydroxyl groups is 1. The van der Waals surface area contributed by atoms with Crippen molar-refractivity contribution in [3.05, 3.63) is 28.3 Å². The molecule has 0 radical (unpaired) electrons. The van der Waals surface area contributed by atoms with Crippen molar-refractivity contribution in [2.75, 3.05) is 0 Å². The predicted octanol–water partition coefficient (Wildman–Crippen LogP) is 1.18. The van der Waals surface area contributed by atoms with Crippen molar-refractivity contribution in [1.29, 1.82) is 0 Å². The van der Waals surface area contributed by atoms with Crippen LogP contribution in [0.25, 0.3) is 0 Å². The first-order valence-electron chi connectivity index (χ1n) is 3.88. The Morgan fingerprint density at radius 2 is 2.15 bits per heavy atom. The molecule has 0 aliphatic rings. The molecule has 4 nitrogen and oxygen atoms in total. The number of carbonyl (C=O) groups excluding carboxylic acids is 1. The van der Waals surface area contributed by atoms with Gasteiger partial charge in [-0.3, -0.25) is 9.59 Å². The van der Waals surface area contributed by atoms with Gasteiger partial charge in [-0.2, -0.15) is 0 Å². The van der Waals surface area contributed by atoms with Gasteiger partial charge in [0.2, 0.25) is 11.2 Å². The van der Waals surface area contributed by atoms with E-state index in [1.165, 1.54) is 0 Å². The summed E-state index contributed by atoms with van der Waals surface area (Å²) >= 11 is 0. The van der Waals surface area contributed by atoms with Crippen molar-refractivity contribution in [1.82, 2.24) is 0 Å². The summed E-state index contributed by atoms with van der Waals surface area (Å²) in [5, 5.41) is 8.85. The molecule has 0 saturated carbocycles. The molecular weight excluding hydrogens is 172 g/mol. The van der Waals surface area contributed by atoms with E-state index in [4.69, 9.17) is 9.52 Å². The minimum atomic E-state index is -0.602. The Kier molecular flexibility index (Phi) is 2.51. The number of hydrogen-bond donors (Lipinski definition) is 1. The molecule has 0 spiro atoms. The molecule has 1 aromatic heterocycles. The fourth-order valence-electron chi connectivity index (χ4n) is 0.818. The first-order valence-corrected chi connectivity index (χ1v) is 3.88. The third kappa shape index (κ3) is 1.96. The molecule has 0 fully saturated rings. The van der Waals surface area contributed by atoms with E-state index in [-0.39, 0.29) is 17.5 Å². The van der Waals surface area contributed by atoms with Gasteiger partial charge >= 0.3 is 0 Å². The summed E-state index contributed by atoms with van der Waals surface area (Å²) in [6, 6.07) is 0.998. The normalized spacial score (nSPS) is 10.4. The van der Waals surface area contributed by atoms with Crippen LogP contribution in [0, 0.1) is 5.92 Å². The standard InChI is InChI=1S/C9H10O4/c1-5(2)9(12)8-3-6(10)7(11)4-13-8/h3-5,11H,1-2H3. The maximum Gasteiger partial charge on any atom is 0.227 e. The van der Waals surface area contributed by atoms with Crippen LogP contribution in [-0.2, 0) is 0 Å². The maximum atomic E-state index is 11.3. The summed E-state index contributed by atoms with van der Waals surface area (Å²) < 4.78 is 4.76. The van der Waals surface area contributed by atoms with Crippen LogP contribution in [0.3, 0.4) is 0 Å². The monoisotopic (exact) mass is 182 g/mol. The van der Waals surface area contributed by atoms with Gasteiger partial charge in [0.25, 0.3) is 0 Å². The molecule has 1 heterocycles. The molecule has 13 heavy (non-hydrogen) atoms. The van der Waals surface area contributed by atoms with Crippen LogP contribution in [0.4, 0.5) is 0 Å². The van der Waals surface area contributed by atoms with Gasteiger partial charge in [-0.25, -0.2) is 0 Å². The zero-order valence-corrected chi connectivity index (χ0v) is 7.40. The lowest BCUT2D eigenvalue weighted by Gasteiger charge is -2.01. The Morgan fingerprint density at radius 3 is 2.62 bits per heavy atom. The average molecular weight is 182 g/mol. The van der Waals surface area contributed by atoms with Crippen molar-refractivity contribution in [2.24, 2.45) is 5.92 Å². The smallest absolute Gasteiger partial charge is 0.227 e. The lowest BCUT2D eigenvalue weighted by atomic mass is 10.1. The highest BCUT2D eigenvalue weighted by Gasteiger charge is 2.14. The zero-order chi connectivity index (χ0) is 10.0. The first-order chi connectivity index (χ1) is 6.02. The van der Waals surface area contributed by atoms with E-state index in [1.807, 2.05) is 0 Å². The van der Waals surface area contributed by atoms with E-state index in [0.29, 0.717) is 0 Å². The SMILES string of the molecule is CC(C)C(=O)c1cc(=O)c(O)co1. The second-order valence-electron chi connectivity index (χ2n) is 3.01. The molecule has 0 aliphatic heterocycles. The number of hydrogen-bond acceptors (Lipinski definition) is 4. The molecule has 0 unspecified atom stereocenters. The molecule has 0 atom stereocenters. The van der Waals surface area contributed by atoms with E-state index >= 15 is 0 Å². The van der Waals surface area contributed by atoms with Crippen molar-refractivity contribution in [3.63, 3.8) is 0 Å². The van der Waals surface area contributed by atoms with Gasteiger partial charge in [0.15, 0.2) is 11.5 Å². The van der Waals surface area contributed by atoms with Crippen molar-refractivity contribution < 1.29 is 14.3 Å². The average Bonchev–Trinajstić information content (AvgIpc) is 2.08. The van der Waals surface area contributed by atoms with Gasteiger partial charge < -0.3 is 9.52 Å². The van der Waals surface area contributed by atoms with Gasteiger partial charge in [-0.1, -0.05) is 13.8 Å². The highest BCUT2D eigenvalue weighted by molar-refractivity contribution is 5.94. The third-order valence-electron chi connectivity index (χ3n) is 1.58. The summed E-state index contributed by atoms with van der Waals surface area (Å²) in [5.41, 5.74) is -0.602. The fraction of sp³-hybridized carbons (Fsp3) is 0.333. The van der Waals surface area contributed by atoms with Gasteiger partial charge in [0.1, 0.15) is 6.26 Å². The van der Waals surface area contributed by atoms with Gasteiger partial charge in [0.05, 0.1) is 0 Å². The first kappa shape index (κ1) is 9.51. The number of ketones is 1. The maximum absolute atomic E-state index is 11.3. The van der Waals surface area contributed by atoms with Crippen LogP contribution in [0.1, 0.15) is 24.4 Å². The van der Waals surface area contributed by atoms with Crippen molar-refractivity contribution >= 4 is 5.78 Å². The minimum absolute atomic E-state index is 0.0159. The molecule has 70 valence electrons. The van der Waals surface area contributed by atoms with E-state index in [2.05, 4.69) is 0 Å². The summed E-state index contributed by atoms with van der Waals surface area (Å²) in [5.74, 6) is -0.983. The Bertz CT molecular complexity index is 375. The highest BCUT2D eigenvalue weighted by Crippen LogP contribution is 2.08. The Labute approximate surface area is 74.8 Å². The largest absolute Gasteiger partial charge is 0.502 e. The van der Waals surface area contributed by atoms with Crippen LogP contribution in [0.2, 0.25) is 0 Å². The molecule has 1 N–H and O–H groups in total. The summed E-state index contributed by atoms with van der Waals surface area (Å²) in [4.78, 5) is 22.2. The van der Waals surface area contributed by atoms with Gasteiger partial charge in [0, 0.05) is 12.0 Å². The fourth-order valence-corrected chi connectivity index (χ4v) is 0.818. The Balaban J connectivity index is 3.12. The van der Waals surface area contributed by atoms with E-state index in [0.717, 1.165) is 12.3 Å². The second kappa shape index (κ2) is 3.43.